The average Bonchev–Trinajstić information content (AvgIpc) is 2.61. The molecule has 0 saturated heterocycles. The minimum Gasteiger partial charge on any atom is -0.482 e. The van der Waals surface area contributed by atoms with E-state index in [0.717, 1.165) is 22.4 Å². The van der Waals surface area contributed by atoms with Crippen molar-refractivity contribution in [2.24, 2.45) is 0 Å². The SMILES string of the molecule is CC(=O)Nc1ccc(C)cc1OCC(=O)Nc1c(C(C)C)cccc1C(C)C. The fraction of sp³-hybridized carbons (Fsp3) is 0.391. The number of carbonyl (C=O) groups is 2. The summed E-state index contributed by atoms with van der Waals surface area (Å²) >= 11 is 0. The minimum absolute atomic E-state index is 0.139. The van der Waals surface area contributed by atoms with E-state index in [1.807, 2.05) is 31.2 Å². The molecule has 5 heteroatoms. The van der Waals surface area contributed by atoms with Gasteiger partial charge < -0.3 is 15.4 Å². The third kappa shape index (κ3) is 5.59. The molecule has 0 fully saturated rings. The lowest BCUT2D eigenvalue weighted by molar-refractivity contribution is -0.118. The zero-order valence-corrected chi connectivity index (χ0v) is 17.6. The van der Waals surface area contributed by atoms with E-state index in [9.17, 15) is 9.59 Å². The fourth-order valence-corrected chi connectivity index (χ4v) is 3.06. The van der Waals surface area contributed by atoms with E-state index in [-0.39, 0.29) is 30.3 Å². The largest absolute Gasteiger partial charge is 0.482 e. The molecule has 0 spiro atoms. The molecule has 2 rings (SSSR count). The summed E-state index contributed by atoms with van der Waals surface area (Å²) in [5.41, 5.74) is 4.61. The van der Waals surface area contributed by atoms with Gasteiger partial charge in [0.15, 0.2) is 6.61 Å². The summed E-state index contributed by atoms with van der Waals surface area (Å²) in [4.78, 5) is 24.0. The molecule has 0 aliphatic heterocycles. The molecule has 2 aromatic rings. The summed E-state index contributed by atoms with van der Waals surface area (Å²) in [7, 11) is 0. The minimum atomic E-state index is -0.231. The van der Waals surface area contributed by atoms with Crippen LogP contribution in [0.1, 0.15) is 63.1 Å². The molecule has 0 aliphatic rings. The van der Waals surface area contributed by atoms with Gasteiger partial charge in [0.25, 0.3) is 5.91 Å². The smallest absolute Gasteiger partial charge is 0.262 e. The molecule has 0 unspecified atom stereocenters. The maximum Gasteiger partial charge on any atom is 0.262 e. The molecule has 0 saturated carbocycles. The lowest BCUT2D eigenvalue weighted by Crippen LogP contribution is -2.22. The molecule has 5 nitrogen and oxygen atoms in total. The van der Waals surface area contributed by atoms with Gasteiger partial charge in [0.2, 0.25) is 5.91 Å². The van der Waals surface area contributed by atoms with E-state index in [1.54, 1.807) is 12.1 Å². The number of hydrogen-bond donors (Lipinski definition) is 2. The van der Waals surface area contributed by atoms with Crippen molar-refractivity contribution in [1.82, 2.24) is 0 Å². The Labute approximate surface area is 167 Å². The van der Waals surface area contributed by atoms with Crippen LogP contribution < -0.4 is 15.4 Å². The molecule has 0 heterocycles. The van der Waals surface area contributed by atoms with Crippen molar-refractivity contribution in [3.05, 3.63) is 53.1 Å². The van der Waals surface area contributed by atoms with Crippen LogP contribution in [0.25, 0.3) is 0 Å². The number of anilines is 2. The molecule has 2 N–H and O–H groups in total. The van der Waals surface area contributed by atoms with Crippen molar-refractivity contribution < 1.29 is 14.3 Å². The van der Waals surface area contributed by atoms with Crippen LogP contribution in [-0.2, 0) is 9.59 Å². The normalized spacial score (nSPS) is 10.9. The van der Waals surface area contributed by atoms with Crippen molar-refractivity contribution in [2.45, 2.75) is 53.4 Å². The molecule has 28 heavy (non-hydrogen) atoms. The number of hydrogen-bond acceptors (Lipinski definition) is 3. The summed E-state index contributed by atoms with van der Waals surface area (Å²) in [6, 6.07) is 11.6. The van der Waals surface area contributed by atoms with E-state index in [0.29, 0.717) is 11.4 Å². The van der Waals surface area contributed by atoms with E-state index in [4.69, 9.17) is 4.74 Å². The van der Waals surface area contributed by atoms with Crippen LogP contribution >= 0.6 is 0 Å². The third-order valence-corrected chi connectivity index (χ3v) is 4.44. The molecular formula is C23H30N2O3. The van der Waals surface area contributed by atoms with Gasteiger partial charge in [0.05, 0.1) is 5.69 Å². The van der Waals surface area contributed by atoms with Crippen LogP contribution in [0.3, 0.4) is 0 Å². The van der Waals surface area contributed by atoms with Crippen molar-refractivity contribution in [2.75, 3.05) is 17.2 Å². The second-order valence-electron chi connectivity index (χ2n) is 7.64. The lowest BCUT2D eigenvalue weighted by atomic mass is 9.92. The number of para-hydroxylation sites is 1. The molecule has 0 aliphatic carbocycles. The van der Waals surface area contributed by atoms with Crippen LogP contribution in [0.4, 0.5) is 11.4 Å². The summed E-state index contributed by atoms with van der Waals surface area (Å²) < 4.78 is 5.73. The second-order valence-corrected chi connectivity index (χ2v) is 7.64. The van der Waals surface area contributed by atoms with Crippen molar-refractivity contribution in [3.63, 3.8) is 0 Å². The Morgan fingerprint density at radius 2 is 1.57 bits per heavy atom. The average molecular weight is 383 g/mol. The number of amides is 2. The van der Waals surface area contributed by atoms with E-state index in [1.165, 1.54) is 6.92 Å². The number of nitrogens with one attached hydrogen (secondary N) is 2. The zero-order chi connectivity index (χ0) is 20.8. The Bertz CT molecular complexity index is 831. The highest BCUT2D eigenvalue weighted by Gasteiger charge is 2.16. The Kier molecular flexibility index (Phi) is 7.21. The first-order chi connectivity index (χ1) is 13.2. The van der Waals surface area contributed by atoms with Crippen LogP contribution in [0.2, 0.25) is 0 Å². The number of rotatable bonds is 7. The third-order valence-electron chi connectivity index (χ3n) is 4.44. The highest BCUT2D eigenvalue weighted by atomic mass is 16.5. The fourth-order valence-electron chi connectivity index (χ4n) is 3.06. The van der Waals surface area contributed by atoms with E-state index in [2.05, 4.69) is 38.3 Å². The predicted molar refractivity (Wildman–Crippen MR) is 114 cm³/mol. The monoisotopic (exact) mass is 382 g/mol. The highest BCUT2D eigenvalue weighted by molar-refractivity contribution is 5.94. The number of ether oxygens (including phenoxy) is 1. The molecule has 2 aromatic carbocycles. The standard InChI is InChI=1S/C23H30N2O3/c1-14(2)18-8-7-9-19(15(3)4)23(18)25-22(27)13-28-21-12-16(5)10-11-20(21)24-17(6)26/h7-12,14-15H,13H2,1-6H3,(H,24,26)(H,25,27). The van der Waals surface area contributed by atoms with Crippen molar-refractivity contribution in [3.8, 4) is 5.75 Å². The summed E-state index contributed by atoms with van der Waals surface area (Å²) in [6.07, 6.45) is 0. The molecule has 2 amide bonds. The molecule has 0 radical (unpaired) electrons. The van der Waals surface area contributed by atoms with Crippen LogP contribution in [0, 0.1) is 6.92 Å². The van der Waals surface area contributed by atoms with Crippen molar-refractivity contribution in [1.29, 1.82) is 0 Å². The first-order valence-electron chi connectivity index (χ1n) is 9.62. The van der Waals surface area contributed by atoms with Crippen LogP contribution in [0.15, 0.2) is 36.4 Å². The van der Waals surface area contributed by atoms with Gasteiger partial charge >= 0.3 is 0 Å². The van der Waals surface area contributed by atoms with Gasteiger partial charge in [-0.3, -0.25) is 9.59 Å². The van der Waals surface area contributed by atoms with Gasteiger partial charge in [-0.1, -0.05) is 52.0 Å². The quantitative estimate of drug-likeness (QED) is 0.690. The lowest BCUT2D eigenvalue weighted by Gasteiger charge is -2.20. The zero-order valence-electron chi connectivity index (χ0n) is 17.6. The number of aryl methyl sites for hydroxylation is 1. The molecule has 0 atom stereocenters. The highest BCUT2D eigenvalue weighted by Crippen LogP contribution is 2.32. The summed E-state index contributed by atoms with van der Waals surface area (Å²) in [5.74, 6) is 0.638. The summed E-state index contributed by atoms with van der Waals surface area (Å²) in [6.45, 7) is 11.7. The van der Waals surface area contributed by atoms with E-state index >= 15 is 0 Å². The Hall–Kier alpha value is -2.82. The molecule has 0 bridgehead atoms. The van der Waals surface area contributed by atoms with Gasteiger partial charge in [0.1, 0.15) is 5.75 Å². The van der Waals surface area contributed by atoms with Gasteiger partial charge in [-0.05, 0) is 47.6 Å². The molecular weight excluding hydrogens is 352 g/mol. The maximum absolute atomic E-state index is 12.6. The first-order valence-corrected chi connectivity index (χ1v) is 9.62. The topological polar surface area (TPSA) is 67.4 Å². The Morgan fingerprint density at radius 1 is 0.964 bits per heavy atom. The maximum atomic E-state index is 12.6. The van der Waals surface area contributed by atoms with Crippen molar-refractivity contribution >= 4 is 23.2 Å². The predicted octanol–water partition coefficient (Wildman–Crippen LogP) is 5.22. The Balaban J connectivity index is 2.18. The van der Waals surface area contributed by atoms with Gasteiger partial charge in [-0.25, -0.2) is 0 Å². The summed E-state index contributed by atoms with van der Waals surface area (Å²) in [5, 5.41) is 5.76. The second kappa shape index (κ2) is 9.40. The Morgan fingerprint density at radius 3 is 2.11 bits per heavy atom. The first kappa shape index (κ1) is 21.5. The van der Waals surface area contributed by atoms with E-state index < -0.39 is 0 Å². The van der Waals surface area contributed by atoms with Gasteiger partial charge in [-0.2, -0.15) is 0 Å². The number of carbonyl (C=O) groups excluding carboxylic acids is 2. The number of benzene rings is 2. The van der Waals surface area contributed by atoms with Gasteiger partial charge in [-0.15, -0.1) is 0 Å². The van der Waals surface area contributed by atoms with Crippen LogP contribution in [-0.4, -0.2) is 18.4 Å². The molecule has 0 aromatic heterocycles. The van der Waals surface area contributed by atoms with Crippen LogP contribution in [0.5, 0.6) is 5.75 Å². The van der Waals surface area contributed by atoms with Gasteiger partial charge in [0, 0.05) is 12.6 Å². The molecule has 150 valence electrons.